The van der Waals surface area contributed by atoms with E-state index in [-0.39, 0.29) is 0 Å². The second-order valence-electron chi connectivity index (χ2n) is 4.18. The minimum absolute atomic E-state index is 0.602. The van der Waals surface area contributed by atoms with Crippen LogP contribution in [-0.2, 0) is 0 Å². The third-order valence-electron chi connectivity index (χ3n) is 2.89. The Morgan fingerprint density at radius 1 is 1.28 bits per heavy atom. The molecule has 0 spiro atoms. The number of hydrogen-bond donors (Lipinski definition) is 1. The molecule has 96 valence electrons. The zero-order valence-electron chi connectivity index (χ0n) is 10.5. The normalized spacial score (nSPS) is 12.5. The quantitative estimate of drug-likeness (QED) is 0.915. The van der Waals surface area contributed by atoms with Crippen LogP contribution in [-0.4, -0.2) is 12.2 Å². The van der Waals surface area contributed by atoms with Crippen molar-refractivity contribution in [2.24, 2.45) is 0 Å². The standard InChI is InChI=1S/C14H15BrO2S/c1-8-4-5-10(6-12(8)17-3)14(16)13-7-11(15)9(2)18-13/h4-7,14,16H,1-3H3. The van der Waals surface area contributed by atoms with Crippen molar-refractivity contribution < 1.29 is 9.84 Å². The van der Waals surface area contributed by atoms with Crippen molar-refractivity contribution in [2.75, 3.05) is 7.11 Å². The summed E-state index contributed by atoms with van der Waals surface area (Å²) in [5, 5.41) is 10.4. The average molecular weight is 327 g/mol. The van der Waals surface area contributed by atoms with E-state index in [0.717, 1.165) is 26.2 Å². The molecule has 0 amide bonds. The van der Waals surface area contributed by atoms with E-state index >= 15 is 0 Å². The Hall–Kier alpha value is -0.840. The molecule has 0 aliphatic carbocycles. The zero-order valence-corrected chi connectivity index (χ0v) is 12.9. The Morgan fingerprint density at radius 3 is 2.56 bits per heavy atom. The highest BCUT2D eigenvalue weighted by atomic mass is 79.9. The van der Waals surface area contributed by atoms with Gasteiger partial charge in [-0.2, -0.15) is 0 Å². The largest absolute Gasteiger partial charge is 0.496 e. The van der Waals surface area contributed by atoms with E-state index in [1.807, 2.05) is 38.1 Å². The first-order valence-corrected chi connectivity index (χ1v) is 7.22. The first-order chi connectivity index (χ1) is 8.52. The first-order valence-electron chi connectivity index (χ1n) is 5.61. The number of thiophene rings is 1. The van der Waals surface area contributed by atoms with Gasteiger partial charge in [0, 0.05) is 14.2 Å². The van der Waals surface area contributed by atoms with Crippen molar-refractivity contribution in [3.63, 3.8) is 0 Å². The van der Waals surface area contributed by atoms with Crippen molar-refractivity contribution in [2.45, 2.75) is 20.0 Å². The van der Waals surface area contributed by atoms with Crippen LogP contribution in [0.3, 0.4) is 0 Å². The summed E-state index contributed by atoms with van der Waals surface area (Å²) in [6, 6.07) is 7.76. The summed E-state index contributed by atoms with van der Waals surface area (Å²) in [4.78, 5) is 2.11. The van der Waals surface area contributed by atoms with Crippen LogP contribution in [0.5, 0.6) is 5.75 Å². The van der Waals surface area contributed by atoms with E-state index < -0.39 is 6.10 Å². The molecule has 1 heterocycles. The molecule has 18 heavy (non-hydrogen) atoms. The number of aliphatic hydroxyl groups excluding tert-OH is 1. The number of halogens is 1. The lowest BCUT2D eigenvalue weighted by atomic mass is 10.1. The summed E-state index contributed by atoms with van der Waals surface area (Å²) in [7, 11) is 1.64. The minimum Gasteiger partial charge on any atom is -0.496 e. The summed E-state index contributed by atoms with van der Waals surface area (Å²) < 4.78 is 6.33. The lowest BCUT2D eigenvalue weighted by molar-refractivity contribution is 0.223. The predicted molar refractivity (Wildman–Crippen MR) is 78.5 cm³/mol. The molecule has 0 saturated heterocycles. The van der Waals surface area contributed by atoms with E-state index in [4.69, 9.17) is 4.74 Å². The number of ether oxygens (including phenoxy) is 1. The number of aliphatic hydroxyl groups is 1. The molecule has 1 aromatic carbocycles. The molecule has 1 unspecified atom stereocenters. The predicted octanol–water partition coefficient (Wildman–Crippen LogP) is 4.22. The molecule has 4 heteroatoms. The molecule has 0 radical (unpaired) electrons. The van der Waals surface area contributed by atoms with Gasteiger partial charge in [-0.1, -0.05) is 12.1 Å². The van der Waals surface area contributed by atoms with E-state index in [2.05, 4.69) is 15.9 Å². The van der Waals surface area contributed by atoms with E-state index in [0.29, 0.717) is 0 Å². The van der Waals surface area contributed by atoms with Gasteiger partial charge in [0.15, 0.2) is 0 Å². The third kappa shape index (κ3) is 2.60. The molecule has 2 aromatic rings. The molecule has 1 aromatic heterocycles. The minimum atomic E-state index is -0.602. The summed E-state index contributed by atoms with van der Waals surface area (Å²) >= 11 is 5.07. The SMILES string of the molecule is COc1cc(C(O)c2cc(Br)c(C)s2)ccc1C. The Balaban J connectivity index is 2.36. The molecule has 0 saturated carbocycles. The summed E-state index contributed by atoms with van der Waals surface area (Å²) in [6.45, 7) is 4.02. The molecule has 0 fully saturated rings. The number of methoxy groups -OCH3 is 1. The van der Waals surface area contributed by atoms with Crippen molar-refractivity contribution in [3.05, 3.63) is 49.6 Å². The highest BCUT2D eigenvalue weighted by Gasteiger charge is 2.15. The molecule has 1 N–H and O–H groups in total. The average Bonchev–Trinajstić information content (AvgIpc) is 2.69. The van der Waals surface area contributed by atoms with Crippen LogP contribution in [0.1, 0.15) is 27.0 Å². The molecule has 0 bridgehead atoms. The van der Waals surface area contributed by atoms with Gasteiger partial charge in [-0.05, 0) is 53.0 Å². The molecule has 0 aliphatic rings. The topological polar surface area (TPSA) is 29.5 Å². The van der Waals surface area contributed by atoms with Gasteiger partial charge < -0.3 is 9.84 Å². The van der Waals surface area contributed by atoms with Gasteiger partial charge in [0.25, 0.3) is 0 Å². The van der Waals surface area contributed by atoms with Crippen molar-refractivity contribution in [3.8, 4) is 5.75 Å². The van der Waals surface area contributed by atoms with Crippen LogP contribution >= 0.6 is 27.3 Å². The summed E-state index contributed by atoms with van der Waals surface area (Å²) in [5.41, 5.74) is 1.92. The van der Waals surface area contributed by atoms with E-state index in [1.54, 1.807) is 18.4 Å². The maximum absolute atomic E-state index is 10.4. The zero-order chi connectivity index (χ0) is 13.3. The van der Waals surface area contributed by atoms with Gasteiger partial charge in [-0.15, -0.1) is 11.3 Å². The molecular formula is C14H15BrO2S. The van der Waals surface area contributed by atoms with Crippen molar-refractivity contribution in [1.29, 1.82) is 0 Å². The van der Waals surface area contributed by atoms with Gasteiger partial charge in [0.1, 0.15) is 11.9 Å². The third-order valence-corrected chi connectivity index (χ3v) is 5.08. The van der Waals surface area contributed by atoms with Gasteiger partial charge >= 0.3 is 0 Å². The van der Waals surface area contributed by atoms with Crippen LogP contribution < -0.4 is 4.74 Å². The highest BCUT2D eigenvalue weighted by molar-refractivity contribution is 9.10. The Kier molecular flexibility index (Phi) is 4.10. The van der Waals surface area contributed by atoms with Crippen molar-refractivity contribution >= 4 is 27.3 Å². The van der Waals surface area contributed by atoms with Gasteiger partial charge in [-0.25, -0.2) is 0 Å². The van der Waals surface area contributed by atoms with E-state index in [9.17, 15) is 5.11 Å². The second kappa shape index (κ2) is 5.43. The van der Waals surface area contributed by atoms with Crippen LogP contribution in [0.4, 0.5) is 0 Å². The summed E-state index contributed by atoms with van der Waals surface area (Å²) in [5.74, 6) is 0.805. The van der Waals surface area contributed by atoms with Gasteiger partial charge in [0.05, 0.1) is 7.11 Å². The number of rotatable bonds is 3. The van der Waals surface area contributed by atoms with E-state index in [1.165, 1.54) is 4.88 Å². The highest BCUT2D eigenvalue weighted by Crippen LogP contribution is 2.35. The second-order valence-corrected chi connectivity index (χ2v) is 6.33. The molecule has 2 nitrogen and oxygen atoms in total. The lowest BCUT2D eigenvalue weighted by Gasteiger charge is -2.12. The lowest BCUT2D eigenvalue weighted by Crippen LogP contribution is -1.98. The van der Waals surface area contributed by atoms with Crippen molar-refractivity contribution in [1.82, 2.24) is 0 Å². The molecule has 0 aliphatic heterocycles. The maximum atomic E-state index is 10.4. The molecular weight excluding hydrogens is 312 g/mol. The monoisotopic (exact) mass is 326 g/mol. The first kappa shape index (κ1) is 13.6. The van der Waals surface area contributed by atoms with Crippen LogP contribution in [0, 0.1) is 13.8 Å². The fourth-order valence-corrected chi connectivity index (χ4v) is 3.36. The number of aryl methyl sites for hydroxylation is 2. The maximum Gasteiger partial charge on any atom is 0.122 e. The Bertz CT molecular complexity index is 543. The fourth-order valence-electron chi connectivity index (χ4n) is 1.79. The van der Waals surface area contributed by atoms with Crippen LogP contribution in [0.25, 0.3) is 0 Å². The Morgan fingerprint density at radius 2 is 2.00 bits per heavy atom. The molecule has 2 rings (SSSR count). The summed E-state index contributed by atoms with van der Waals surface area (Å²) in [6.07, 6.45) is -0.602. The fraction of sp³-hybridized carbons (Fsp3) is 0.286. The van der Waals surface area contributed by atoms with Crippen LogP contribution in [0.15, 0.2) is 28.7 Å². The Labute approximate surface area is 119 Å². The van der Waals surface area contributed by atoms with Crippen LogP contribution in [0.2, 0.25) is 0 Å². The smallest absolute Gasteiger partial charge is 0.122 e. The number of benzene rings is 1. The number of hydrogen-bond acceptors (Lipinski definition) is 3. The van der Waals surface area contributed by atoms with Gasteiger partial charge in [-0.3, -0.25) is 0 Å². The van der Waals surface area contributed by atoms with Gasteiger partial charge in [0.2, 0.25) is 0 Å². The molecule has 1 atom stereocenters.